The van der Waals surface area contributed by atoms with E-state index in [4.69, 9.17) is 11.6 Å². The van der Waals surface area contributed by atoms with Gasteiger partial charge in [-0.1, -0.05) is 24.4 Å². The number of halogens is 1. The summed E-state index contributed by atoms with van der Waals surface area (Å²) in [6.45, 7) is 3.26. The number of hydrogen-bond acceptors (Lipinski definition) is 3. The normalized spacial score (nSPS) is 18.8. The van der Waals surface area contributed by atoms with Gasteiger partial charge in [0.25, 0.3) is 0 Å². The molecule has 1 aromatic rings. The lowest BCUT2D eigenvalue weighted by molar-refractivity contribution is 0.0474. The summed E-state index contributed by atoms with van der Waals surface area (Å²) in [7, 11) is 1.84. The molecule has 5 heteroatoms. The van der Waals surface area contributed by atoms with Crippen LogP contribution in [0.15, 0.2) is 0 Å². The van der Waals surface area contributed by atoms with E-state index < -0.39 is 5.60 Å². The van der Waals surface area contributed by atoms with Crippen LogP contribution in [-0.2, 0) is 13.6 Å². The Balaban J connectivity index is 1.89. The van der Waals surface area contributed by atoms with Crippen LogP contribution >= 0.6 is 11.6 Å². The van der Waals surface area contributed by atoms with Crippen LogP contribution in [-0.4, -0.2) is 27.0 Å². The first kappa shape index (κ1) is 12.9. The maximum Gasteiger partial charge on any atom is 0.131 e. The van der Waals surface area contributed by atoms with Gasteiger partial charge >= 0.3 is 0 Å². The lowest BCUT2D eigenvalue weighted by Crippen LogP contribution is -2.37. The average molecular weight is 258 g/mol. The quantitative estimate of drug-likeness (QED) is 0.865. The van der Waals surface area contributed by atoms with E-state index in [1.54, 1.807) is 4.68 Å². The molecule has 0 radical (unpaired) electrons. The number of hydrogen-bond donors (Lipinski definition) is 2. The minimum absolute atomic E-state index is 0.511. The smallest absolute Gasteiger partial charge is 0.131 e. The molecule has 0 spiro atoms. The number of nitrogens with one attached hydrogen (secondary N) is 1. The highest BCUT2D eigenvalue weighted by molar-refractivity contribution is 6.30. The Morgan fingerprint density at radius 3 is 2.65 bits per heavy atom. The highest BCUT2D eigenvalue weighted by Gasteiger charge is 2.30. The summed E-state index contributed by atoms with van der Waals surface area (Å²) >= 11 is 6.14. The molecule has 1 aliphatic carbocycles. The molecule has 0 atom stereocenters. The first-order valence-corrected chi connectivity index (χ1v) is 6.51. The first-order chi connectivity index (χ1) is 8.02. The zero-order chi connectivity index (χ0) is 12.5. The number of nitrogens with zero attached hydrogens (tertiary/aromatic N) is 2. The summed E-state index contributed by atoms with van der Waals surface area (Å²) in [5.74, 6) is 0. The summed E-state index contributed by atoms with van der Waals surface area (Å²) in [5, 5.41) is 18.4. The molecule has 0 unspecified atom stereocenters. The number of rotatable bonds is 4. The van der Waals surface area contributed by atoms with Crippen molar-refractivity contribution >= 4 is 11.6 Å². The summed E-state index contributed by atoms with van der Waals surface area (Å²) in [5.41, 5.74) is 1.46. The minimum Gasteiger partial charge on any atom is -0.389 e. The van der Waals surface area contributed by atoms with Crippen LogP contribution < -0.4 is 5.32 Å². The van der Waals surface area contributed by atoms with E-state index in [0.717, 1.165) is 36.9 Å². The topological polar surface area (TPSA) is 50.1 Å². The lowest BCUT2D eigenvalue weighted by atomic mass is 10.0. The van der Waals surface area contributed by atoms with Gasteiger partial charge in [-0.15, -0.1) is 0 Å². The molecule has 96 valence electrons. The van der Waals surface area contributed by atoms with Gasteiger partial charge < -0.3 is 10.4 Å². The summed E-state index contributed by atoms with van der Waals surface area (Å²) in [6.07, 6.45) is 4.06. The van der Waals surface area contributed by atoms with Gasteiger partial charge in [0.05, 0.1) is 11.3 Å². The fraction of sp³-hybridized carbons (Fsp3) is 0.750. The van der Waals surface area contributed by atoms with Crippen LogP contribution in [0.3, 0.4) is 0 Å². The second-order valence-corrected chi connectivity index (χ2v) is 5.37. The summed E-state index contributed by atoms with van der Waals surface area (Å²) < 4.78 is 1.68. The van der Waals surface area contributed by atoms with Crippen LogP contribution in [0.1, 0.15) is 36.9 Å². The maximum atomic E-state index is 10.2. The zero-order valence-electron chi connectivity index (χ0n) is 10.5. The molecule has 2 N–H and O–H groups in total. The fourth-order valence-corrected chi connectivity index (χ4v) is 2.75. The van der Waals surface area contributed by atoms with Crippen LogP contribution in [0, 0.1) is 6.92 Å². The fourth-order valence-electron chi connectivity index (χ4n) is 2.50. The van der Waals surface area contributed by atoms with Gasteiger partial charge in [0.15, 0.2) is 0 Å². The summed E-state index contributed by atoms with van der Waals surface area (Å²) in [6, 6.07) is 0. The monoisotopic (exact) mass is 257 g/mol. The molecule has 4 nitrogen and oxygen atoms in total. The van der Waals surface area contributed by atoms with Gasteiger partial charge in [0.2, 0.25) is 0 Å². The first-order valence-electron chi connectivity index (χ1n) is 6.13. The van der Waals surface area contributed by atoms with E-state index in [0.29, 0.717) is 18.2 Å². The molecule has 2 rings (SSSR count). The average Bonchev–Trinajstić information content (AvgIpc) is 2.79. The highest BCUT2D eigenvalue weighted by atomic mass is 35.5. The van der Waals surface area contributed by atoms with E-state index in [1.807, 2.05) is 14.0 Å². The van der Waals surface area contributed by atoms with Crippen molar-refractivity contribution in [3.8, 4) is 0 Å². The highest BCUT2D eigenvalue weighted by Crippen LogP contribution is 2.28. The SMILES string of the molecule is Cc1nn(C)c(Cl)c1CNCC1(O)CCCC1. The third kappa shape index (κ3) is 2.81. The molecule has 0 amide bonds. The standard InChI is InChI=1S/C12H20ClN3O/c1-9-10(11(13)16(2)15-9)7-14-8-12(17)5-3-4-6-12/h14,17H,3-8H2,1-2H3. The molecule has 0 saturated heterocycles. The molecule has 1 aromatic heterocycles. The van der Waals surface area contributed by atoms with Crippen LogP contribution in [0.4, 0.5) is 0 Å². The Morgan fingerprint density at radius 1 is 1.47 bits per heavy atom. The molecule has 1 saturated carbocycles. The Labute approximate surface area is 107 Å². The minimum atomic E-state index is -0.511. The molecular formula is C12H20ClN3O. The largest absolute Gasteiger partial charge is 0.389 e. The van der Waals surface area contributed by atoms with Crippen molar-refractivity contribution in [1.29, 1.82) is 0 Å². The van der Waals surface area contributed by atoms with E-state index in [9.17, 15) is 5.11 Å². The van der Waals surface area contributed by atoms with Gasteiger partial charge in [-0.25, -0.2) is 0 Å². The maximum absolute atomic E-state index is 10.2. The van der Waals surface area contributed by atoms with Gasteiger partial charge in [-0.05, 0) is 19.8 Å². The molecule has 1 heterocycles. The molecule has 0 bridgehead atoms. The number of aromatic nitrogens is 2. The third-order valence-corrected chi connectivity index (χ3v) is 4.03. The molecule has 1 aliphatic rings. The van der Waals surface area contributed by atoms with Crippen molar-refractivity contribution in [3.05, 3.63) is 16.4 Å². The van der Waals surface area contributed by atoms with Crippen LogP contribution in [0.5, 0.6) is 0 Å². The van der Waals surface area contributed by atoms with Crippen molar-refractivity contribution in [3.63, 3.8) is 0 Å². The van der Waals surface area contributed by atoms with Crippen molar-refractivity contribution in [2.24, 2.45) is 7.05 Å². The van der Waals surface area contributed by atoms with Gasteiger partial charge in [0, 0.05) is 25.7 Å². The third-order valence-electron chi connectivity index (χ3n) is 3.56. The Morgan fingerprint density at radius 2 is 2.12 bits per heavy atom. The molecule has 17 heavy (non-hydrogen) atoms. The summed E-state index contributed by atoms with van der Waals surface area (Å²) in [4.78, 5) is 0. The zero-order valence-corrected chi connectivity index (χ0v) is 11.2. The second kappa shape index (κ2) is 4.96. The lowest BCUT2D eigenvalue weighted by Gasteiger charge is -2.22. The predicted octanol–water partition coefficient (Wildman–Crippen LogP) is 1.78. The van der Waals surface area contributed by atoms with Crippen molar-refractivity contribution in [2.75, 3.05) is 6.54 Å². The van der Waals surface area contributed by atoms with Crippen LogP contribution in [0.2, 0.25) is 5.15 Å². The Kier molecular flexibility index (Phi) is 3.76. The number of aryl methyl sites for hydroxylation is 2. The van der Waals surface area contributed by atoms with E-state index in [2.05, 4.69) is 10.4 Å². The van der Waals surface area contributed by atoms with E-state index in [1.165, 1.54) is 0 Å². The Bertz CT molecular complexity index is 397. The molecular weight excluding hydrogens is 238 g/mol. The van der Waals surface area contributed by atoms with E-state index in [-0.39, 0.29) is 0 Å². The second-order valence-electron chi connectivity index (χ2n) is 5.01. The van der Waals surface area contributed by atoms with Crippen molar-refractivity contribution in [1.82, 2.24) is 15.1 Å². The Hall–Kier alpha value is -0.580. The van der Waals surface area contributed by atoms with Gasteiger partial charge in [0.1, 0.15) is 5.15 Å². The molecule has 0 aromatic carbocycles. The number of aliphatic hydroxyl groups is 1. The molecule has 1 fully saturated rings. The van der Waals surface area contributed by atoms with Crippen molar-refractivity contribution in [2.45, 2.75) is 44.8 Å². The van der Waals surface area contributed by atoms with E-state index >= 15 is 0 Å². The molecule has 0 aliphatic heterocycles. The predicted molar refractivity (Wildman–Crippen MR) is 68.1 cm³/mol. The van der Waals surface area contributed by atoms with Gasteiger partial charge in [-0.3, -0.25) is 4.68 Å². The van der Waals surface area contributed by atoms with Crippen LogP contribution in [0.25, 0.3) is 0 Å². The van der Waals surface area contributed by atoms with Crippen molar-refractivity contribution < 1.29 is 5.11 Å². The van der Waals surface area contributed by atoms with Gasteiger partial charge in [-0.2, -0.15) is 5.10 Å².